The predicted molar refractivity (Wildman–Crippen MR) is 59.2 cm³/mol. The predicted octanol–water partition coefficient (Wildman–Crippen LogP) is 1.56. The molecule has 2 aromatic rings. The highest BCUT2D eigenvalue weighted by molar-refractivity contribution is 5.52. The van der Waals surface area contributed by atoms with E-state index in [9.17, 15) is 18.9 Å². The van der Waals surface area contributed by atoms with E-state index in [0.29, 0.717) is 12.1 Å². The first-order valence-electron chi connectivity index (χ1n) is 5.12. The summed E-state index contributed by atoms with van der Waals surface area (Å²) in [6.07, 6.45) is 0. The van der Waals surface area contributed by atoms with Crippen LogP contribution in [-0.2, 0) is 0 Å². The number of non-ortho nitro benzene ring substituents is 1. The van der Waals surface area contributed by atoms with Crippen molar-refractivity contribution in [2.75, 3.05) is 5.32 Å². The Hall–Kier alpha value is -2.65. The van der Waals surface area contributed by atoms with Crippen molar-refractivity contribution in [1.29, 1.82) is 0 Å². The fraction of sp³-hybridized carbons (Fsp3) is 0.222. The van der Waals surface area contributed by atoms with Crippen molar-refractivity contribution in [1.82, 2.24) is 20.6 Å². The van der Waals surface area contributed by atoms with Gasteiger partial charge in [-0.2, -0.15) is 5.21 Å². The van der Waals surface area contributed by atoms with E-state index in [2.05, 4.69) is 25.9 Å². The molecule has 8 nitrogen and oxygen atoms in total. The summed E-state index contributed by atoms with van der Waals surface area (Å²) in [5.74, 6) is -1.93. The van der Waals surface area contributed by atoms with E-state index in [1.165, 1.54) is 0 Å². The maximum Gasteiger partial charge on any atom is 0.275 e. The van der Waals surface area contributed by atoms with Gasteiger partial charge in [-0.05, 0) is 6.92 Å². The van der Waals surface area contributed by atoms with E-state index in [-0.39, 0.29) is 5.82 Å². The summed E-state index contributed by atoms with van der Waals surface area (Å²) in [5.41, 5.74) is -1.14. The van der Waals surface area contributed by atoms with Crippen LogP contribution in [0.3, 0.4) is 0 Å². The molecule has 1 aromatic heterocycles. The van der Waals surface area contributed by atoms with Gasteiger partial charge >= 0.3 is 0 Å². The maximum absolute atomic E-state index is 13.6. The molecule has 1 atom stereocenters. The smallest absolute Gasteiger partial charge is 0.275 e. The van der Waals surface area contributed by atoms with Crippen molar-refractivity contribution < 1.29 is 13.7 Å². The molecule has 2 rings (SSSR count). The summed E-state index contributed by atoms with van der Waals surface area (Å²) in [6, 6.07) is 0.645. The summed E-state index contributed by atoms with van der Waals surface area (Å²) in [6.45, 7) is 1.56. The van der Waals surface area contributed by atoms with E-state index in [0.717, 1.165) is 0 Å². The molecule has 0 saturated carbocycles. The summed E-state index contributed by atoms with van der Waals surface area (Å²) >= 11 is 0. The number of hydrogen-bond acceptors (Lipinski definition) is 6. The number of benzene rings is 1. The van der Waals surface area contributed by atoms with Crippen LogP contribution in [-0.4, -0.2) is 25.5 Å². The van der Waals surface area contributed by atoms with Gasteiger partial charge in [0.1, 0.15) is 5.69 Å². The van der Waals surface area contributed by atoms with Gasteiger partial charge in [-0.25, -0.2) is 8.78 Å². The number of nitro groups is 1. The second-order valence-corrected chi connectivity index (χ2v) is 3.68. The monoisotopic (exact) mass is 270 g/mol. The van der Waals surface area contributed by atoms with Crippen LogP contribution in [0.5, 0.6) is 0 Å². The quantitative estimate of drug-likeness (QED) is 0.644. The molecule has 0 aliphatic heterocycles. The first kappa shape index (κ1) is 12.8. The summed E-state index contributed by atoms with van der Waals surface area (Å²) < 4.78 is 27.2. The molecule has 0 aliphatic carbocycles. The molecule has 0 aliphatic rings. The lowest BCUT2D eigenvalue weighted by molar-refractivity contribution is -0.385. The van der Waals surface area contributed by atoms with Gasteiger partial charge < -0.3 is 5.32 Å². The van der Waals surface area contributed by atoms with E-state index in [4.69, 9.17) is 0 Å². The zero-order valence-electron chi connectivity index (χ0n) is 9.59. The lowest BCUT2D eigenvalue weighted by atomic mass is 10.2. The van der Waals surface area contributed by atoms with Crippen LogP contribution in [0.25, 0.3) is 0 Å². The minimum absolute atomic E-state index is 0.206. The van der Waals surface area contributed by atoms with Crippen LogP contribution in [0.1, 0.15) is 18.8 Å². The van der Waals surface area contributed by atoms with E-state index in [1.54, 1.807) is 6.92 Å². The molecule has 0 radical (unpaired) electrons. The van der Waals surface area contributed by atoms with Gasteiger partial charge in [0.25, 0.3) is 5.69 Å². The molecule has 0 bridgehead atoms. The molecule has 1 aromatic carbocycles. The highest BCUT2D eigenvalue weighted by Gasteiger charge is 2.20. The second-order valence-electron chi connectivity index (χ2n) is 3.68. The zero-order valence-corrected chi connectivity index (χ0v) is 9.59. The van der Waals surface area contributed by atoms with Crippen molar-refractivity contribution in [3.63, 3.8) is 0 Å². The molecule has 19 heavy (non-hydrogen) atoms. The lowest BCUT2D eigenvalue weighted by Gasteiger charge is -2.12. The molecule has 1 heterocycles. The second kappa shape index (κ2) is 4.92. The fourth-order valence-electron chi connectivity index (χ4n) is 1.44. The van der Waals surface area contributed by atoms with Crippen LogP contribution >= 0.6 is 0 Å². The number of aromatic amines is 1. The van der Waals surface area contributed by atoms with Crippen molar-refractivity contribution in [2.45, 2.75) is 13.0 Å². The number of nitrogens with zero attached hydrogens (tertiary/aromatic N) is 4. The zero-order chi connectivity index (χ0) is 14.0. The van der Waals surface area contributed by atoms with Gasteiger partial charge in [-0.3, -0.25) is 10.1 Å². The van der Waals surface area contributed by atoms with Crippen molar-refractivity contribution in [3.8, 4) is 0 Å². The molecule has 0 spiro atoms. The Balaban J connectivity index is 2.28. The third-order valence-electron chi connectivity index (χ3n) is 2.35. The van der Waals surface area contributed by atoms with E-state index >= 15 is 0 Å². The fourth-order valence-corrected chi connectivity index (χ4v) is 1.44. The normalized spacial score (nSPS) is 12.2. The topological polar surface area (TPSA) is 110 Å². The number of rotatable bonds is 4. The SMILES string of the molecule is CC(Nc1c(F)cc([N+](=O)[O-])cc1F)c1nn[nH]n1. The minimum atomic E-state index is -1.07. The third kappa shape index (κ3) is 2.61. The average Bonchev–Trinajstić information content (AvgIpc) is 2.86. The maximum atomic E-state index is 13.6. The Labute approximate surface area is 105 Å². The molecular weight excluding hydrogens is 262 g/mol. The Kier molecular flexibility index (Phi) is 3.31. The van der Waals surface area contributed by atoms with Gasteiger partial charge in [0.05, 0.1) is 23.1 Å². The van der Waals surface area contributed by atoms with E-state index in [1.807, 2.05) is 0 Å². The number of H-pyrrole nitrogens is 1. The van der Waals surface area contributed by atoms with Gasteiger partial charge in [0, 0.05) is 0 Å². The first-order valence-corrected chi connectivity index (χ1v) is 5.12. The van der Waals surface area contributed by atoms with Crippen LogP contribution < -0.4 is 5.32 Å². The third-order valence-corrected chi connectivity index (χ3v) is 2.35. The number of halogens is 2. The van der Waals surface area contributed by atoms with Gasteiger partial charge in [-0.1, -0.05) is 5.21 Å². The average molecular weight is 270 g/mol. The number of anilines is 1. The molecule has 2 N–H and O–H groups in total. The standard InChI is InChI=1S/C9H8F2N6O2/c1-4(9-13-15-16-14-9)12-8-6(10)2-5(17(18)19)3-7(8)11/h2-4,12H,1H3,(H,13,14,15,16). The first-order chi connectivity index (χ1) is 8.99. The highest BCUT2D eigenvalue weighted by atomic mass is 19.1. The number of tetrazole rings is 1. The van der Waals surface area contributed by atoms with Crippen LogP contribution in [0.2, 0.25) is 0 Å². The molecule has 1 unspecified atom stereocenters. The van der Waals surface area contributed by atoms with Gasteiger partial charge in [0.2, 0.25) is 0 Å². The van der Waals surface area contributed by atoms with Gasteiger partial charge in [-0.15, -0.1) is 10.2 Å². The van der Waals surface area contributed by atoms with Crippen molar-refractivity contribution in [2.24, 2.45) is 0 Å². The van der Waals surface area contributed by atoms with Crippen LogP contribution in [0, 0.1) is 21.7 Å². The summed E-state index contributed by atoms with van der Waals surface area (Å²) in [7, 11) is 0. The molecular formula is C9H8F2N6O2. The Morgan fingerprint density at radius 1 is 1.42 bits per heavy atom. The lowest BCUT2D eigenvalue weighted by Crippen LogP contribution is -2.11. The molecule has 0 fully saturated rings. The highest BCUT2D eigenvalue weighted by Crippen LogP contribution is 2.27. The molecule has 10 heteroatoms. The number of aromatic nitrogens is 4. The van der Waals surface area contributed by atoms with Crippen LogP contribution in [0.4, 0.5) is 20.2 Å². The Morgan fingerprint density at radius 3 is 2.53 bits per heavy atom. The Morgan fingerprint density at radius 2 is 2.05 bits per heavy atom. The molecule has 0 saturated heterocycles. The summed E-state index contributed by atoms with van der Waals surface area (Å²) in [5, 5.41) is 25.8. The Bertz CT molecular complexity index is 580. The van der Waals surface area contributed by atoms with Gasteiger partial charge in [0.15, 0.2) is 17.5 Å². The van der Waals surface area contributed by atoms with Crippen molar-refractivity contribution in [3.05, 3.63) is 39.7 Å². The molecule has 0 amide bonds. The number of nitro benzene ring substituents is 1. The minimum Gasteiger partial charge on any atom is -0.370 e. The molecule has 100 valence electrons. The van der Waals surface area contributed by atoms with Crippen molar-refractivity contribution >= 4 is 11.4 Å². The largest absolute Gasteiger partial charge is 0.370 e. The number of hydrogen-bond donors (Lipinski definition) is 2. The van der Waals surface area contributed by atoms with E-state index < -0.39 is 34.0 Å². The van der Waals surface area contributed by atoms with Crippen LogP contribution in [0.15, 0.2) is 12.1 Å². The summed E-state index contributed by atoms with van der Waals surface area (Å²) in [4.78, 5) is 9.57. The number of nitrogens with one attached hydrogen (secondary N) is 2.